The first kappa shape index (κ1) is 21.1. The van der Waals surface area contributed by atoms with E-state index in [2.05, 4.69) is 5.32 Å². The van der Waals surface area contributed by atoms with Gasteiger partial charge in [0.2, 0.25) is 10.0 Å². The second kappa shape index (κ2) is 9.14. The molecule has 2 aliphatic rings. The molecule has 0 atom stereocenters. The fourth-order valence-corrected chi connectivity index (χ4v) is 4.77. The molecule has 1 amide bonds. The molecule has 0 spiro atoms. The lowest BCUT2D eigenvalue weighted by molar-refractivity contribution is 0.0209. The predicted molar refractivity (Wildman–Crippen MR) is 101 cm³/mol. The van der Waals surface area contributed by atoms with E-state index >= 15 is 0 Å². The highest BCUT2D eigenvalue weighted by atomic mass is 35.5. The number of piperidine rings is 1. The lowest BCUT2D eigenvalue weighted by Crippen LogP contribution is -2.41. The van der Waals surface area contributed by atoms with Crippen molar-refractivity contribution in [1.82, 2.24) is 9.62 Å². The summed E-state index contributed by atoms with van der Waals surface area (Å²) in [7, 11) is -3.59. The maximum absolute atomic E-state index is 12.9. The first-order chi connectivity index (χ1) is 12.0. The van der Waals surface area contributed by atoms with Gasteiger partial charge in [-0.25, -0.2) is 8.42 Å². The molecule has 0 radical (unpaired) electrons. The van der Waals surface area contributed by atoms with E-state index in [0.717, 1.165) is 18.4 Å². The fourth-order valence-electron chi connectivity index (χ4n) is 3.27. The minimum absolute atomic E-state index is 0. The number of benzene rings is 1. The Hall–Kier alpha value is -1.19. The molecule has 9 heteroatoms. The van der Waals surface area contributed by atoms with Gasteiger partial charge in [-0.2, -0.15) is 4.31 Å². The Morgan fingerprint density at radius 2 is 2.00 bits per heavy atom. The molecule has 0 bridgehead atoms. The van der Waals surface area contributed by atoms with Crippen LogP contribution in [0.25, 0.3) is 0 Å². The molecule has 1 aromatic rings. The molecule has 26 heavy (non-hydrogen) atoms. The number of fused-ring (bicyclic) bond motifs is 1. The molecule has 146 valence electrons. The number of carbonyl (C=O) groups is 1. The minimum atomic E-state index is -3.59. The molecule has 7 nitrogen and oxygen atoms in total. The van der Waals surface area contributed by atoms with Crippen molar-refractivity contribution in [2.75, 3.05) is 32.8 Å². The number of hydrogen-bond donors (Lipinski definition) is 2. The molecule has 1 saturated heterocycles. The Balaban J connectivity index is 0.00000243. The maximum atomic E-state index is 12.9. The van der Waals surface area contributed by atoms with Gasteiger partial charge in [0.1, 0.15) is 0 Å². The molecule has 0 saturated carbocycles. The molecule has 0 aromatic heterocycles. The third kappa shape index (κ3) is 4.55. The second-order valence-corrected chi connectivity index (χ2v) is 8.38. The number of halogens is 1. The third-order valence-electron chi connectivity index (χ3n) is 4.75. The minimum Gasteiger partial charge on any atom is -0.378 e. The number of nitrogens with zero attached hydrogens (tertiary/aromatic N) is 1. The Kier molecular flexibility index (Phi) is 7.42. The van der Waals surface area contributed by atoms with E-state index in [1.165, 1.54) is 10.4 Å². The molecule has 3 N–H and O–H groups in total. The van der Waals surface area contributed by atoms with E-state index in [1.807, 2.05) is 0 Å². The van der Waals surface area contributed by atoms with Crippen LogP contribution in [0.2, 0.25) is 0 Å². The summed E-state index contributed by atoms with van der Waals surface area (Å²) in [4.78, 5) is 12.2. The van der Waals surface area contributed by atoms with E-state index in [0.29, 0.717) is 51.2 Å². The number of ether oxygens (including phenoxy) is 1. The summed E-state index contributed by atoms with van der Waals surface area (Å²) in [5.74, 6) is -0.203. The number of carbonyl (C=O) groups excluding carboxylic acids is 1. The molecule has 2 heterocycles. The first-order valence-electron chi connectivity index (χ1n) is 8.75. The zero-order chi connectivity index (χ0) is 17.9. The van der Waals surface area contributed by atoms with Crippen molar-refractivity contribution < 1.29 is 17.9 Å². The highest BCUT2D eigenvalue weighted by molar-refractivity contribution is 7.89. The average molecular weight is 404 g/mol. The monoisotopic (exact) mass is 403 g/mol. The molecule has 2 aliphatic heterocycles. The number of rotatable bonds is 6. The van der Waals surface area contributed by atoms with E-state index in [-0.39, 0.29) is 29.3 Å². The van der Waals surface area contributed by atoms with Crippen LogP contribution < -0.4 is 11.1 Å². The topological polar surface area (TPSA) is 102 Å². The highest BCUT2D eigenvalue weighted by Gasteiger charge is 2.31. The van der Waals surface area contributed by atoms with Gasteiger partial charge < -0.3 is 15.8 Å². The zero-order valence-electron chi connectivity index (χ0n) is 14.6. The summed E-state index contributed by atoms with van der Waals surface area (Å²) in [5, 5.41) is 2.75. The SMILES string of the molecule is Cl.NCCCOC1CCN(S(=O)(=O)c2ccc3c(c2)C(=O)NCC3)CC1. The second-order valence-electron chi connectivity index (χ2n) is 6.44. The van der Waals surface area contributed by atoms with Gasteiger partial charge in [-0.1, -0.05) is 6.07 Å². The standard InChI is InChI=1S/C17H25N3O4S.ClH/c18-7-1-11-24-14-5-9-20(10-6-14)25(22,23)15-3-2-13-4-8-19-17(21)16(13)12-15;/h2-3,12,14H,1,4-11,18H2,(H,19,21);1H. The molecule has 1 aromatic carbocycles. The normalized spacial score (nSPS) is 18.7. The summed E-state index contributed by atoms with van der Waals surface area (Å²) < 4.78 is 33.0. The van der Waals surface area contributed by atoms with E-state index in [9.17, 15) is 13.2 Å². The van der Waals surface area contributed by atoms with Crippen LogP contribution in [0.1, 0.15) is 35.2 Å². The van der Waals surface area contributed by atoms with Gasteiger partial charge in [-0.05, 0) is 49.9 Å². The van der Waals surface area contributed by atoms with Crippen molar-refractivity contribution in [2.24, 2.45) is 5.73 Å². The first-order valence-corrected chi connectivity index (χ1v) is 10.2. The molecular weight excluding hydrogens is 378 g/mol. The molecule has 1 fully saturated rings. The van der Waals surface area contributed by atoms with Gasteiger partial charge in [0, 0.05) is 31.8 Å². The largest absolute Gasteiger partial charge is 0.378 e. The van der Waals surface area contributed by atoms with Crippen LogP contribution in [-0.2, 0) is 21.2 Å². The molecule has 0 aliphatic carbocycles. The van der Waals surface area contributed by atoms with Crippen LogP contribution in [0.5, 0.6) is 0 Å². The summed E-state index contributed by atoms with van der Waals surface area (Å²) in [6.45, 7) is 2.67. The van der Waals surface area contributed by atoms with Gasteiger partial charge in [0.15, 0.2) is 0 Å². The van der Waals surface area contributed by atoms with Gasteiger partial charge >= 0.3 is 0 Å². The van der Waals surface area contributed by atoms with Crippen molar-refractivity contribution in [1.29, 1.82) is 0 Å². The number of amides is 1. The smallest absolute Gasteiger partial charge is 0.251 e. The lowest BCUT2D eigenvalue weighted by Gasteiger charge is -2.31. The number of hydrogen-bond acceptors (Lipinski definition) is 5. The Bertz CT molecular complexity index is 734. The Morgan fingerprint density at radius 3 is 2.69 bits per heavy atom. The van der Waals surface area contributed by atoms with Crippen molar-refractivity contribution in [3.8, 4) is 0 Å². The van der Waals surface area contributed by atoms with Gasteiger partial charge in [-0.3, -0.25) is 4.79 Å². The van der Waals surface area contributed by atoms with Crippen molar-refractivity contribution in [3.63, 3.8) is 0 Å². The predicted octanol–water partition coefficient (Wildman–Crippen LogP) is 0.913. The Morgan fingerprint density at radius 1 is 1.27 bits per heavy atom. The fraction of sp³-hybridized carbons (Fsp3) is 0.588. The quantitative estimate of drug-likeness (QED) is 0.687. The maximum Gasteiger partial charge on any atom is 0.251 e. The summed E-state index contributed by atoms with van der Waals surface area (Å²) in [5.41, 5.74) is 6.81. The third-order valence-corrected chi connectivity index (χ3v) is 6.64. The highest BCUT2D eigenvalue weighted by Crippen LogP contribution is 2.25. The lowest BCUT2D eigenvalue weighted by atomic mass is 10.0. The number of nitrogens with one attached hydrogen (secondary N) is 1. The molecular formula is C17H26ClN3O4S. The van der Waals surface area contributed by atoms with Gasteiger partial charge in [0.05, 0.1) is 11.0 Å². The molecule has 3 rings (SSSR count). The summed E-state index contributed by atoms with van der Waals surface area (Å²) in [6, 6.07) is 4.86. The van der Waals surface area contributed by atoms with Crippen LogP contribution >= 0.6 is 12.4 Å². The van der Waals surface area contributed by atoms with Crippen LogP contribution in [0.4, 0.5) is 0 Å². The molecule has 0 unspecified atom stereocenters. The van der Waals surface area contributed by atoms with Crippen molar-refractivity contribution in [3.05, 3.63) is 29.3 Å². The van der Waals surface area contributed by atoms with Crippen molar-refractivity contribution in [2.45, 2.75) is 36.7 Å². The van der Waals surface area contributed by atoms with Gasteiger partial charge in [-0.15, -0.1) is 12.4 Å². The van der Waals surface area contributed by atoms with Crippen molar-refractivity contribution >= 4 is 28.3 Å². The van der Waals surface area contributed by atoms with E-state index in [1.54, 1.807) is 12.1 Å². The average Bonchev–Trinajstić information content (AvgIpc) is 2.62. The van der Waals surface area contributed by atoms with Gasteiger partial charge in [0.25, 0.3) is 5.91 Å². The van der Waals surface area contributed by atoms with E-state index < -0.39 is 10.0 Å². The Labute approximate surface area is 160 Å². The van der Waals surface area contributed by atoms with Crippen LogP contribution in [-0.4, -0.2) is 57.5 Å². The summed E-state index contributed by atoms with van der Waals surface area (Å²) in [6.07, 6.45) is 2.99. The number of sulfonamides is 1. The van der Waals surface area contributed by atoms with Crippen LogP contribution in [0.3, 0.4) is 0 Å². The van der Waals surface area contributed by atoms with Crippen LogP contribution in [0.15, 0.2) is 23.1 Å². The number of nitrogens with two attached hydrogens (primary N) is 1. The van der Waals surface area contributed by atoms with E-state index in [4.69, 9.17) is 10.5 Å². The summed E-state index contributed by atoms with van der Waals surface area (Å²) >= 11 is 0. The zero-order valence-corrected chi connectivity index (χ0v) is 16.3. The van der Waals surface area contributed by atoms with Crippen LogP contribution in [0, 0.1) is 0 Å².